The van der Waals surface area contributed by atoms with Gasteiger partial charge in [0.25, 0.3) is 5.91 Å². The summed E-state index contributed by atoms with van der Waals surface area (Å²) < 4.78 is 28.9. The number of furan rings is 1. The maximum atomic E-state index is 13.2. The maximum absolute atomic E-state index is 13.2. The zero-order valence-electron chi connectivity index (χ0n) is 16.8. The molecule has 2 N–H and O–H groups in total. The van der Waals surface area contributed by atoms with Crippen molar-refractivity contribution in [3.8, 4) is 5.75 Å². The standard InChI is InChI=1S/C22H21FN2O6/c1-29-17-6-7-18-14(12-30-19(18)11-17)10-22(28)31-13-21(27)25(9-8-20(24)26)16-4-2-15(23)3-5-16/h2-7,11-12H,8-10,13H2,1H3,(H2,24,26). The summed E-state index contributed by atoms with van der Waals surface area (Å²) >= 11 is 0. The number of rotatable bonds is 9. The molecule has 31 heavy (non-hydrogen) atoms. The Kier molecular flexibility index (Phi) is 6.86. The lowest BCUT2D eigenvalue weighted by atomic mass is 10.1. The van der Waals surface area contributed by atoms with E-state index in [1.165, 1.54) is 42.5 Å². The molecule has 0 atom stereocenters. The number of fused-ring (bicyclic) bond motifs is 1. The highest BCUT2D eigenvalue weighted by Gasteiger charge is 2.19. The van der Waals surface area contributed by atoms with E-state index in [9.17, 15) is 18.8 Å². The van der Waals surface area contributed by atoms with Gasteiger partial charge in [0.05, 0.1) is 19.8 Å². The highest BCUT2D eigenvalue weighted by atomic mass is 19.1. The number of halogens is 1. The van der Waals surface area contributed by atoms with Crippen molar-refractivity contribution in [1.82, 2.24) is 0 Å². The highest BCUT2D eigenvalue weighted by molar-refractivity contribution is 5.96. The zero-order valence-corrected chi connectivity index (χ0v) is 16.8. The van der Waals surface area contributed by atoms with E-state index in [1.807, 2.05) is 0 Å². The van der Waals surface area contributed by atoms with Crippen LogP contribution in [0.2, 0.25) is 0 Å². The molecule has 0 fully saturated rings. The summed E-state index contributed by atoms with van der Waals surface area (Å²) in [6.45, 7) is -0.565. The molecule has 2 aromatic carbocycles. The van der Waals surface area contributed by atoms with E-state index in [4.69, 9.17) is 19.6 Å². The Bertz CT molecular complexity index is 1090. The van der Waals surface area contributed by atoms with Gasteiger partial charge in [0.2, 0.25) is 5.91 Å². The van der Waals surface area contributed by atoms with Crippen molar-refractivity contribution < 1.29 is 32.7 Å². The third-order valence-electron chi connectivity index (χ3n) is 4.58. The van der Waals surface area contributed by atoms with Crippen LogP contribution in [0.4, 0.5) is 10.1 Å². The minimum Gasteiger partial charge on any atom is -0.497 e. The van der Waals surface area contributed by atoms with Gasteiger partial charge in [-0.2, -0.15) is 0 Å². The van der Waals surface area contributed by atoms with Gasteiger partial charge in [0.1, 0.15) is 17.1 Å². The number of ether oxygens (including phenoxy) is 2. The predicted molar refractivity (Wildman–Crippen MR) is 110 cm³/mol. The first kappa shape index (κ1) is 21.8. The fourth-order valence-electron chi connectivity index (χ4n) is 2.99. The monoisotopic (exact) mass is 428 g/mol. The second-order valence-corrected chi connectivity index (χ2v) is 6.70. The van der Waals surface area contributed by atoms with Gasteiger partial charge in [0.15, 0.2) is 6.61 Å². The second-order valence-electron chi connectivity index (χ2n) is 6.70. The number of hydrogen-bond donors (Lipinski definition) is 1. The Morgan fingerprint density at radius 1 is 1.13 bits per heavy atom. The summed E-state index contributed by atoms with van der Waals surface area (Å²) in [5, 5.41) is 0.735. The summed E-state index contributed by atoms with van der Waals surface area (Å²) in [5.74, 6) is -1.63. The lowest BCUT2D eigenvalue weighted by Crippen LogP contribution is -2.37. The first-order valence-corrected chi connectivity index (χ1v) is 9.41. The molecule has 162 valence electrons. The number of amides is 2. The molecule has 0 aliphatic carbocycles. The number of esters is 1. The van der Waals surface area contributed by atoms with Crippen LogP contribution in [0.5, 0.6) is 5.75 Å². The number of methoxy groups -OCH3 is 1. The molecule has 0 radical (unpaired) electrons. The fourth-order valence-corrected chi connectivity index (χ4v) is 2.99. The zero-order chi connectivity index (χ0) is 22.4. The average molecular weight is 428 g/mol. The molecule has 0 aliphatic rings. The van der Waals surface area contributed by atoms with E-state index >= 15 is 0 Å². The van der Waals surface area contributed by atoms with Crippen LogP contribution in [-0.2, 0) is 25.5 Å². The molecule has 3 rings (SSSR count). The topological polar surface area (TPSA) is 112 Å². The van der Waals surface area contributed by atoms with Crippen molar-refractivity contribution in [1.29, 1.82) is 0 Å². The molecule has 0 aliphatic heterocycles. The van der Waals surface area contributed by atoms with E-state index in [1.54, 1.807) is 18.2 Å². The van der Waals surface area contributed by atoms with Gasteiger partial charge in [-0.15, -0.1) is 0 Å². The smallest absolute Gasteiger partial charge is 0.310 e. The number of nitrogens with zero attached hydrogens (tertiary/aromatic N) is 1. The summed E-state index contributed by atoms with van der Waals surface area (Å²) in [4.78, 5) is 37.2. The van der Waals surface area contributed by atoms with Gasteiger partial charge in [-0.3, -0.25) is 14.4 Å². The Balaban J connectivity index is 1.63. The SMILES string of the molecule is COc1ccc2c(CC(=O)OCC(=O)N(CCC(N)=O)c3ccc(F)cc3)coc2c1. The third kappa shape index (κ3) is 5.59. The molecule has 8 nitrogen and oxygen atoms in total. The molecule has 2 amide bonds. The highest BCUT2D eigenvalue weighted by Crippen LogP contribution is 2.26. The van der Waals surface area contributed by atoms with E-state index in [0.29, 0.717) is 22.6 Å². The molecule has 0 spiro atoms. The van der Waals surface area contributed by atoms with Crippen molar-refractivity contribution in [3.05, 3.63) is 60.1 Å². The molecule has 9 heteroatoms. The van der Waals surface area contributed by atoms with Crippen LogP contribution in [0.3, 0.4) is 0 Å². The largest absolute Gasteiger partial charge is 0.497 e. The molecule has 0 bridgehead atoms. The summed E-state index contributed by atoms with van der Waals surface area (Å²) in [5.41, 5.74) is 6.70. The minimum atomic E-state index is -0.624. The second kappa shape index (κ2) is 9.75. The lowest BCUT2D eigenvalue weighted by Gasteiger charge is -2.22. The lowest BCUT2D eigenvalue weighted by molar-refractivity contribution is -0.147. The molecular formula is C22H21FN2O6. The average Bonchev–Trinajstić information content (AvgIpc) is 3.15. The van der Waals surface area contributed by atoms with Gasteiger partial charge in [-0.05, 0) is 36.4 Å². The summed E-state index contributed by atoms with van der Waals surface area (Å²) in [6, 6.07) is 10.4. The van der Waals surface area contributed by atoms with Crippen LogP contribution in [0.1, 0.15) is 12.0 Å². The number of hydrogen-bond acceptors (Lipinski definition) is 6. The van der Waals surface area contributed by atoms with Crippen LogP contribution < -0.4 is 15.4 Å². The Labute approximate surface area is 177 Å². The quantitative estimate of drug-likeness (QED) is 0.524. The van der Waals surface area contributed by atoms with Crippen molar-refractivity contribution in [3.63, 3.8) is 0 Å². The van der Waals surface area contributed by atoms with Crippen LogP contribution in [-0.4, -0.2) is 38.0 Å². The van der Waals surface area contributed by atoms with Crippen LogP contribution in [0.15, 0.2) is 53.1 Å². The molecule has 1 aromatic heterocycles. The number of primary amides is 1. The summed E-state index contributed by atoms with van der Waals surface area (Å²) in [7, 11) is 1.54. The first-order valence-electron chi connectivity index (χ1n) is 9.41. The predicted octanol–water partition coefficient (Wildman–Crippen LogP) is 2.57. The van der Waals surface area contributed by atoms with E-state index in [-0.39, 0.29) is 19.4 Å². The number of anilines is 1. The number of carbonyl (C=O) groups excluding carboxylic acids is 3. The van der Waals surface area contributed by atoms with Gasteiger partial charge in [-0.1, -0.05) is 0 Å². The molecule has 3 aromatic rings. The molecule has 0 unspecified atom stereocenters. The van der Waals surface area contributed by atoms with Crippen molar-refractivity contribution >= 4 is 34.4 Å². The molecule has 1 heterocycles. The maximum Gasteiger partial charge on any atom is 0.310 e. The van der Waals surface area contributed by atoms with E-state index in [0.717, 1.165) is 5.39 Å². The van der Waals surface area contributed by atoms with Gasteiger partial charge >= 0.3 is 5.97 Å². The van der Waals surface area contributed by atoms with Crippen molar-refractivity contribution in [2.75, 3.05) is 25.2 Å². The van der Waals surface area contributed by atoms with Crippen LogP contribution in [0, 0.1) is 5.82 Å². The fraction of sp³-hybridized carbons (Fsp3) is 0.227. The van der Waals surface area contributed by atoms with Crippen LogP contribution >= 0.6 is 0 Å². The van der Waals surface area contributed by atoms with E-state index < -0.39 is 30.2 Å². The van der Waals surface area contributed by atoms with Crippen LogP contribution in [0.25, 0.3) is 11.0 Å². The minimum absolute atomic E-state index is 0.0223. The Morgan fingerprint density at radius 3 is 2.55 bits per heavy atom. The normalized spacial score (nSPS) is 10.6. The number of benzene rings is 2. The summed E-state index contributed by atoms with van der Waals surface area (Å²) in [6.07, 6.45) is 1.26. The van der Waals surface area contributed by atoms with E-state index in [2.05, 4.69) is 0 Å². The van der Waals surface area contributed by atoms with Gasteiger partial charge in [0, 0.05) is 35.7 Å². The van der Waals surface area contributed by atoms with Gasteiger partial charge < -0.3 is 24.5 Å². The molecule has 0 saturated carbocycles. The number of nitrogens with two attached hydrogens (primary N) is 1. The molecule has 0 saturated heterocycles. The Hall–Kier alpha value is -3.88. The molecular weight excluding hydrogens is 407 g/mol. The van der Waals surface area contributed by atoms with Gasteiger partial charge in [-0.25, -0.2) is 4.39 Å². The van der Waals surface area contributed by atoms with Crippen molar-refractivity contribution in [2.24, 2.45) is 5.73 Å². The Morgan fingerprint density at radius 2 is 1.87 bits per heavy atom. The number of carbonyl (C=O) groups is 3. The van der Waals surface area contributed by atoms with Crippen molar-refractivity contribution in [2.45, 2.75) is 12.8 Å². The first-order chi connectivity index (χ1) is 14.9. The third-order valence-corrected chi connectivity index (χ3v) is 4.58.